The third kappa shape index (κ3) is 42.7. The number of aliphatic hydroxyl groups is 1. The number of phosphoric ester groups is 1. The fraction of sp³-hybridized carbons (Fsp3) is 0.894. The lowest BCUT2D eigenvalue weighted by Gasteiger charge is -2.18. The number of carboxylic acid groups (broad SMARTS) is 1. The second kappa shape index (κ2) is 42.9. The topological polar surface area (TPSA) is 169 Å². The Bertz CT molecular complexity index is 1060. The highest BCUT2D eigenvalue weighted by Gasteiger charge is 2.28. The van der Waals surface area contributed by atoms with E-state index in [1.165, 1.54) is 141 Å². The molecule has 0 aliphatic heterocycles. The van der Waals surface area contributed by atoms with Gasteiger partial charge in [0.1, 0.15) is 12.7 Å². The number of amides is 1. The van der Waals surface area contributed by atoms with Gasteiger partial charge >= 0.3 is 19.8 Å². The van der Waals surface area contributed by atoms with Gasteiger partial charge in [0.2, 0.25) is 5.91 Å². The lowest BCUT2D eigenvalue weighted by atomic mass is 10.0. The molecule has 0 radical (unpaired) electrons. The van der Waals surface area contributed by atoms with Gasteiger partial charge in [-0.1, -0.05) is 199 Å². The Labute approximate surface area is 360 Å². The SMILES string of the molecule is CCCCC/C=C\CCCCCCCC(=O)OCC(O)COP(=O)(O)OCC(NC(=O)CCCCCCCCCCCCCCCCCCCCCCCCC)C(=O)O. The van der Waals surface area contributed by atoms with Gasteiger partial charge < -0.3 is 25.2 Å². The summed E-state index contributed by atoms with van der Waals surface area (Å²) in [5.41, 5.74) is 0. The van der Waals surface area contributed by atoms with Gasteiger partial charge in [-0.15, -0.1) is 0 Å². The van der Waals surface area contributed by atoms with E-state index < -0.39 is 57.6 Å². The molecule has 0 aromatic carbocycles. The van der Waals surface area contributed by atoms with Gasteiger partial charge in [0.15, 0.2) is 6.04 Å². The quantitative estimate of drug-likeness (QED) is 0.0200. The van der Waals surface area contributed by atoms with Crippen molar-refractivity contribution >= 4 is 25.7 Å². The van der Waals surface area contributed by atoms with E-state index in [0.29, 0.717) is 12.8 Å². The molecule has 59 heavy (non-hydrogen) atoms. The van der Waals surface area contributed by atoms with Crippen molar-refractivity contribution in [3.63, 3.8) is 0 Å². The molecular formula is C47H90NO10P. The molecule has 0 aliphatic rings. The second-order valence-electron chi connectivity index (χ2n) is 16.7. The zero-order valence-electron chi connectivity index (χ0n) is 37.8. The van der Waals surface area contributed by atoms with E-state index in [4.69, 9.17) is 13.8 Å². The summed E-state index contributed by atoms with van der Waals surface area (Å²) < 4.78 is 26.8. The molecule has 4 N–H and O–H groups in total. The number of phosphoric acid groups is 1. The van der Waals surface area contributed by atoms with Crippen molar-refractivity contribution in [3.8, 4) is 0 Å². The van der Waals surface area contributed by atoms with E-state index in [9.17, 15) is 34.1 Å². The molecule has 12 heteroatoms. The minimum absolute atomic E-state index is 0.151. The highest BCUT2D eigenvalue weighted by molar-refractivity contribution is 7.47. The first kappa shape index (κ1) is 57.2. The normalized spacial score (nSPS) is 13.7. The molecule has 3 atom stereocenters. The van der Waals surface area contributed by atoms with E-state index in [0.717, 1.165) is 57.8 Å². The summed E-state index contributed by atoms with van der Waals surface area (Å²) in [6.07, 6.45) is 43.9. The van der Waals surface area contributed by atoms with Crippen molar-refractivity contribution in [1.29, 1.82) is 0 Å². The number of nitrogens with one attached hydrogen (secondary N) is 1. The Hall–Kier alpha value is -1.78. The fourth-order valence-electron chi connectivity index (χ4n) is 7.02. The molecule has 11 nitrogen and oxygen atoms in total. The summed E-state index contributed by atoms with van der Waals surface area (Å²) >= 11 is 0. The fourth-order valence-corrected chi connectivity index (χ4v) is 7.79. The number of aliphatic hydroxyl groups excluding tert-OH is 1. The number of carboxylic acids is 1. The van der Waals surface area contributed by atoms with Crippen molar-refractivity contribution in [2.24, 2.45) is 0 Å². The van der Waals surface area contributed by atoms with Crippen molar-refractivity contribution in [2.45, 2.75) is 251 Å². The maximum atomic E-state index is 12.4. The van der Waals surface area contributed by atoms with Gasteiger partial charge in [0.25, 0.3) is 0 Å². The van der Waals surface area contributed by atoms with Crippen LogP contribution in [0.1, 0.15) is 239 Å². The Balaban J connectivity index is 3.80. The number of hydrogen-bond acceptors (Lipinski definition) is 8. The molecule has 0 saturated carbocycles. The zero-order valence-corrected chi connectivity index (χ0v) is 38.7. The van der Waals surface area contributed by atoms with E-state index in [-0.39, 0.29) is 12.8 Å². The van der Waals surface area contributed by atoms with Crippen LogP contribution < -0.4 is 5.32 Å². The van der Waals surface area contributed by atoms with Crippen LogP contribution in [0, 0.1) is 0 Å². The molecule has 0 aromatic rings. The third-order valence-corrected chi connectivity index (χ3v) is 11.8. The van der Waals surface area contributed by atoms with Gasteiger partial charge in [-0.05, 0) is 38.5 Å². The summed E-state index contributed by atoms with van der Waals surface area (Å²) in [4.78, 5) is 46.0. The van der Waals surface area contributed by atoms with Gasteiger partial charge in [-0.3, -0.25) is 18.6 Å². The first-order chi connectivity index (χ1) is 28.6. The Morgan fingerprint density at radius 2 is 0.881 bits per heavy atom. The van der Waals surface area contributed by atoms with Gasteiger partial charge in [-0.25, -0.2) is 9.36 Å². The Kier molecular flexibility index (Phi) is 41.6. The molecule has 348 valence electrons. The van der Waals surface area contributed by atoms with Crippen LogP contribution in [0.2, 0.25) is 0 Å². The average Bonchev–Trinajstić information content (AvgIpc) is 3.21. The number of hydrogen-bond donors (Lipinski definition) is 4. The molecule has 0 spiro atoms. The average molecular weight is 860 g/mol. The third-order valence-electron chi connectivity index (χ3n) is 10.8. The summed E-state index contributed by atoms with van der Waals surface area (Å²) in [5.74, 6) is -2.37. The molecule has 0 aromatic heterocycles. The standard InChI is InChI=1S/C47H90NO10P/c1-3-5-7-9-11-13-15-17-18-19-20-21-22-23-24-25-26-27-28-30-32-34-36-38-45(50)48-44(47(52)53)42-58-59(54,55)57-41-43(49)40-56-46(51)39-37-35-33-31-29-16-14-12-10-8-6-4-2/h12,14,43-44,49H,3-11,13,15-42H2,1-2H3,(H,48,50)(H,52,53)(H,54,55)/b14-12-. The van der Waals surface area contributed by atoms with Gasteiger partial charge in [0, 0.05) is 12.8 Å². The molecular weight excluding hydrogens is 769 g/mol. The number of ether oxygens (including phenoxy) is 1. The van der Waals surface area contributed by atoms with E-state index in [1.54, 1.807) is 0 Å². The minimum atomic E-state index is -4.75. The van der Waals surface area contributed by atoms with Crippen LogP contribution in [0.4, 0.5) is 0 Å². The minimum Gasteiger partial charge on any atom is -0.480 e. The first-order valence-electron chi connectivity index (χ1n) is 24.2. The van der Waals surface area contributed by atoms with Crippen LogP contribution in [0.15, 0.2) is 12.2 Å². The highest BCUT2D eigenvalue weighted by Crippen LogP contribution is 2.43. The van der Waals surface area contributed by atoms with Gasteiger partial charge in [0.05, 0.1) is 13.2 Å². The monoisotopic (exact) mass is 860 g/mol. The summed E-state index contributed by atoms with van der Waals surface area (Å²) in [7, 11) is -4.75. The number of carbonyl (C=O) groups excluding carboxylic acids is 2. The Morgan fingerprint density at radius 3 is 1.32 bits per heavy atom. The maximum Gasteiger partial charge on any atom is 0.472 e. The molecule has 3 unspecified atom stereocenters. The molecule has 0 fully saturated rings. The molecule has 0 heterocycles. The lowest BCUT2D eigenvalue weighted by Crippen LogP contribution is -2.43. The number of rotatable bonds is 46. The predicted molar refractivity (Wildman–Crippen MR) is 240 cm³/mol. The van der Waals surface area contributed by atoms with Gasteiger partial charge in [-0.2, -0.15) is 0 Å². The van der Waals surface area contributed by atoms with Crippen LogP contribution in [0.25, 0.3) is 0 Å². The summed E-state index contributed by atoms with van der Waals surface area (Å²) in [5, 5.41) is 21.9. The smallest absolute Gasteiger partial charge is 0.472 e. The van der Waals surface area contributed by atoms with Crippen LogP contribution >= 0.6 is 7.82 Å². The van der Waals surface area contributed by atoms with Crippen LogP contribution in [-0.4, -0.2) is 64.9 Å². The number of aliphatic carboxylic acids is 1. The highest BCUT2D eigenvalue weighted by atomic mass is 31.2. The number of allylic oxidation sites excluding steroid dienone is 2. The zero-order chi connectivity index (χ0) is 43.5. The van der Waals surface area contributed by atoms with E-state index >= 15 is 0 Å². The van der Waals surface area contributed by atoms with Crippen molar-refractivity contribution in [3.05, 3.63) is 12.2 Å². The predicted octanol–water partition coefficient (Wildman–Crippen LogP) is 12.8. The summed E-state index contributed by atoms with van der Waals surface area (Å²) in [6.45, 7) is 2.59. The number of unbranched alkanes of at least 4 members (excludes halogenated alkanes) is 30. The second-order valence-corrected chi connectivity index (χ2v) is 18.1. The van der Waals surface area contributed by atoms with Crippen LogP contribution in [0.3, 0.4) is 0 Å². The maximum absolute atomic E-state index is 12.4. The van der Waals surface area contributed by atoms with Crippen molar-refractivity contribution in [1.82, 2.24) is 5.32 Å². The van der Waals surface area contributed by atoms with Crippen molar-refractivity contribution in [2.75, 3.05) is 19.8 Å². The first-order valence-corrected chi connectivity index (χ1v) is 25.7. The molecule has 0 rings (SSSR count). The summed E-state index contributed by atoms with van der Waals surface area (Å²) in [6, 6.07) is -1.54. The lowest BCUT2D eigenvalue weighted by molar-refractivity contribution is -0.147. The van der Waals surface area contributed by atoms with E-state index in [1.807, 2.05) is 0 Å². The molecule has 0 bridgehead atoms. The van der Waals surface area contributed by atoms with E-state index in [2.05, 4.69) is 31.3 Å². The molecule has 0 aliphatic carbocycles. The molecule has 0 saturated heterocycles. The number of carbonyl (C=O) groups is 3. The largest absolute Gasteiger partial charge is 0.480 e. The van der Waals surface area contributed by atoms with Crippen LogP contribution in [0.5, 0.6) is 0 Å². The van der Waals surface area contributed by atoms with Crippen molar-refractivity contribution < 1.29 is 47.8 Å². The number of esters is 1. The molecule has 1 amide bonds. The van der Waals surface area contributed by atoms with Crippen LogP contribution in [-0.2, 0) is 32.7 Å². The Morgan fingerprint density at radius 1 is 0.525 bits per heavy atom.